The quantitative estimate of drug-likeness (QED) is 0.0194. The average Bonchev–Trinajstić information content (AvgIpc) is 2.01. The molecule has 86 heavy (non-hydrogen) atoms. The van der Waals surface area contributed by atoms with Crippen LogP contribution in [0.25, 0.3) is 16.6 Å². The fourth-order valence-corrected chi connectivity index (χ4v) is 13.6. The van der Waals surface area contributed by atoms with Crippen LogP contribution in [0, 0.1) is 33.3 Å². The minimum absolute atomic E-state index is 0.0527. The predicted molar refractivity (Wildman–Crippen MR) is 331 cm³/mol. The Labute approximate surface area is 506 Å². The fourth-order valence-electron chi connectivity index (χ4n) is 12.5. The number of amides is 4. The molecule has 11 rings (SSSR count). The number of nitro benzene ring substituents is 1. The molecule has 4 N–H and O–H groups in total. The number of rotatable bonds is 19. The maximum absolute atomic E-state index is 14.2. The van der Waals surface area contributed by atoms with Gasteiger partial charge in [0.1, 0.15) is 28.9 Å². The number of imide groups is 1. The van der Waals surface area contributed by atoms with E-state index in [4.69, 9.17) is 16.3 Å². The van der Waals surface area contributed by atoms with Crippen molar-refractivity contribution in [2.45, 2.75) is 102 Å². The van der Waals surface area contributed by atoms with E-state index in [0.29, 0.717) is 49.6 Å². The van der Waals surface area contributed by atoms with Gasteiger partial charge in [-0.1, -0.05) is 61.4 Å². The SMILES string of the molecule is CC1(C)CCC(CN2CCN(c3ccc(C(=O)NS(=O)(=O)c4ccc(NCC5CCCN(CCCCCC#Cc6ccc7c(c6)CN(C6CCC(=O)NC6=O)C7=O)C5)c([N+](=O)[O-])c4)c(Oc4cnc5[nH]ccc5c4)c3)CC2)=C(c2ccc(Cl)cc2)C1. The maximum Gasteiger partial charge on any atom is 0.293 e. The number of hydrogen-bond acceptors (Lipinski definition) is 14. The van der Waals surface area contributed by atoms with Crippen LogP contribution in [0.15, 0.2) is 114 Å². The fraction of sp³-hybridized carbons (Fsp3) is 0.400. The molecule has 3 fully saturated rings. The van der Waals surface area contributed by atoms with Crippen LogP contribution < -0.4 is 25.0 Å². The number of likely N-dealkylation sites (tertiary alicyclic amines) is 1. The molecule has 0 radical (unpaired) electrons. The Bertz CT molecular complexity index is 3810. The Morgan fingerprint density at radius 3 is 2.55 bits per heavy atom. The summed E-state index contributed by atoms with van der Waals surface area (Å²) in [4.78, 5) is 78.9. The van der Waals surface area contributed by atoms with E-state index >= 15 is 0 Å². The largest absolute Gasteiger partial charge is 0.455 e. The van der Waals surface area contributed by atoms with Crippen molar-refractivity contribution in [2.75, 3.05) is 69.1 Å². The number of ether oxygens (including phenoxy) is 1. The van der Waals surface area contributed by atoms with Crippen molar-refractivity contribution < 1.29 is 37.3 Å². The molecule has 4 aromatic carbocycles. The lowest BCUT2D eigenvalue weighted by Gasteiger charge is -2.39. The number of carbonyl (C=O) groups excluding carboxylic acids is 4. The smallest absolute Gasteiger partial charge is 0.293 e. The van der Waals surface area contributed by atoms with E-state index in [1.165, 1.54) is 39.9 Å². The highest BCUT2D eigenvalue weighted by atomic mass is 35.5. The summed E-state index contributed by atoms with van der Waals surface area (Å²) in [5, 5.41) is 19.6. The number of halogens is 1. The van der Waals surface area contributed by atoms with Crippen LogP contribution in [0.1, 0.15) is 122 Å². The molecule has 1 aliphatic carbocycles. The second-order valence-electron chi connectivity index (χ2n) is 24.0. The Balaban J connectivity index is 0.679. The van der Waals surface area contributed by atoms with Gasteiger partial charge in [-0.15, -0.1) is 0 Å². The number of pyridine rings is 1. The molecule has 0 spiro atoms. The Kier molecular flexibility index (Phi) is 17.9. The van der Waals surface area contributed by atoms with Gasteiger partial charge < -0.3 is 29.7 Å². The molecule has 5 aliphatic rings. The van der Waals surface area contributed by atoms with Gasteiger partial charge in [-0.3, -0.25) is 39.5 Å². The van der Waals surface area contributed by atoms with Gasteiger partial charge in [-0.25, -0.2) is 18.1 Å². The Morgan fingerprint density at radius 2 is 1.74 bits per heavy atom. The minimum atomic E-state index is -4.63. The highest BCUT2D eigenvalue weighted by Crippen LogP contribution is 2.44. The van der Waals surface area contributed by atoms with Crippen molar-refractivity contribution >= 4 is 78.9 Å². The maximum atomic E-state index is 14.2. The number of nitro groups is 1. The standard InChI is InChI=1S/C65H71ClN10O9S/c1-65(2)25-23-47(55(37-65)45-12-14-49(66)15-13-45)41-73-29-31-74(32-30-73)50-16-19-54(59(35-50)85-51-34-46-24-26-67-61(46)69-39-51)62(78)71-86(83,84)52-17-20-56(58(36-52)76(81)82)68-38-44-10-8-28-72(40-44)27-7-5-3-4-6-9-43-11-18-53-48(33-43)42-75(64(53)80)57-21-22-60(77)70-63(57)79/h11-20,24,26,33-36,39,44,57,68H,3-5,7-8,10,21-23,25,27-32,37-38,40-42H2,1-2H3,(H,67,69)(H,71,78)(H,70,77,79). The molecule has 21 heteroatoms. The van der Waals surface area contributed by atoms with Crippen molar-refractivity contribution in [1.29, 1.82) is 0 Å². The third-order valence-electron chi connectivity index (χ3n) is 17.3. The van der Waals surface area contributed by atoms with E-state index < -0.39 is 43.4 Å². The molecule has 0 bridgehead atoms. The van der Waals surface area contributed by atoms with Gasteiger partial charge in [-0.2, -0.15) is 0 Å². The van der Waals surface area contributed by atoms with Crippen molar-refractivity contribution in [3.05, 3.63) is 152 Å². The number of aromatic nitrogens is 2. The third kappa shape index (κ3) is 14.1. The molecule has 2 atom stereocenters. The number of piperazine rings is 1. The molecular weight excluding hydrogens is 1130 g/mol. The monoisotopic (exact) mass is 1200 g/mol. The summed E-state index contributed by atoms with van der Waals surface area (Å²) in [6, 6.07) is 25.3. The number of benzene rings is 4. The molecule has 4 amide bonds. The molecule has 0 saturated carbocycles. The number of carbonyl (C=O) groups is 4. The molecular formula is C65H71ClN10O9S. The van der Waals surface area contributed by atoms with Crippen LogP contribution >= 0.6 is 11.6 Å². The molecule has 6 heterocycles. The molecule has 2 aromatic heterocycles. The van der Waals surface area contributed by atoms with E-state index in [-0.39, 0.29) is 46.6 Å². The zero-order chi connectivity index (χ0) is 60.1. The van der Waals surface area contributed by atoms with Gasteiger partial charge in [0.15, 0.2) is 0 Å². The molecule has 19 nitrogen and oxygen atoms in total. The molecule has 2 unspecified atom stereocenters. The Morgan fingerprint density at radius 1 is 0.919 bits per heavy atom. The Hall–Kier alpha value is -8.09. The van der Waals surface area contributed by atoms with Crippen molar-refractivity contribution in [3.8, 4) is 23.3 Å². The van der Waals surface area contributed by atoms with Crippen LogP contribution in [-0.2, 0) is 26.2 Å². The van der Waals surface area contributed by atoms with Crippen molar-refractivity contribution in [3.63, 3.8) is 0 Å². The van der Waals surface area contributed by atoms with Gasteiger partial charge >= 0.3 is 0 Å². The second-order valence-corrected chi connectivity index (χ2v) is 26.1. The molecule has 448 valence electrons. The van der Waals surface area contributed by atoms with Crippen molar-refractivity contribution in [2.24, 2.45) is 11.3 Å². The van der Waals surface area contributed by atoms with Crippen LogP contribution in [0.2, 0.25) is 5.02 Å². The average molecular weight is 1200 g/mol. The lowest BCUT2D eigenvalue weighted by atomic mass is 9.72. The summed E-state index contributed by atoms with van der Waals surface area (Å²) in [5.74, 6) is 5.21. The van der Waals surface area contributed by atoms with E-state index in [1.54, 1.807) is 36.5 Å². The van der Waals surface area contributed by atoms with Gasteiger partial charge in [0.25, 0.3) is 27.5 Å². The highest BCUT2D eigenvalue weighted by Gasteiger charge is 2.39. The summed E-state index contributed by atoms with van der Waals surface area (Å²) in [6.45, 7) is 12.0. The van der Waals surface area contributed by atoms with E-state index in [2.05, 4.69) is 77.8 Å². The zero-order valence-electron chi connectivity index (χ0n) is 48.5. The second kappa shape index (κ2) is 25.9. The van der Waals surface area contributed by atoms with Gasteiger partial charge in [-0.05, 0) is 159 Å². The topological polar surface area (TPSA) is 233 Å². The van der Waals surface area contributed by atoms with Gasteiger partial charge in [0, 0.05) is 111 Å². The number of aromatic amines is 1. The number of unbranched alkanes of at least 4 members (excludes halogenated alkanes) is 3. The summed E-state index contributed by atoms with van der Waals surface area (Å²) in [5.41, 5.74) is 7.62. The lowest BCUT2D eigenvalue weighted by molar-refractivity contribution is -0.384. The van der Waals surface area contributed by atoms with E-state index in [1.807, 2.05) is 30.3 Å². The number of piperidine rings is 2. The number of H-pyrrole nitrogens is 1. The third-order valence-corrected chi connectivity index (χ3v) is 18.8. The number of allylic oxidation sites excluding steroid dienone is 1. The summed E-state index contributed by atoms with van der Waals surface area (Å²) in [6.07, 6.45) is 12.5. The number of sulfonamides is 1. The predicted octanol–water partition coefficient (Wildman–Crippen LogP) is 10.3. The molecule has 4 aliphatic heterocycles. The van der Waals surface area contributed by atoms with Crippen LogP contribution in [0.4, 0.5) is 17.1 Å². The summed E-state index contributed by atoms with van der Waals surface area (Å²) in [7, 11) is -4.63. The number of fused-ring (bicyclic) bond motifs is 2. The zero-order valence-corrected chi connectivity index (χ0v) is 50.0. The van der Waals surface area contributed by atoms with Gasteiger partial charge in [0.2, 0.25) is 11.8 Å². The summed E-state index contributed by atoms with van der Waals surface area (Å²) >= 11 is 6.27. The van der Waals surface area contributed by atoms with Crippen LogP contribution in [0.5, 0.6) is 11.5 Å². The van der Waals surface area contributed by atoms with Crippen LogP contribution in [0.3, 0.4) is 0 Å². The first-order valence-electron chi connectivity index (χ1n) is 29.7. The molecule has 3 saturated heterocycles. The van der Waals surface area contributed by atoms with Gasteiger partial charge in [0.05, 0.1) is 21.6 Å². The lowest BCUT2D eigenvalue weighted by Crippen LogP contribution is -2.52. The first-order valence-corrected chi connectivity index (χ1v) is 31.6. The first kappa shape index (κ1) is 59.6. The minimum Gasteiger partial charge on any atom is -0.455 e. The number of nitrogens with one attached hydrogen (secondary N) is 4. The summed E-state index contributed by atoms with van der Waals surface area (Å²) < 4.78 is 36.5. The van der Waals surface area contributed by atoms with Crippen LogP contribution in [-0.4, -0.2) is 127 Å². The van der Waals surface area contributed by atoms with E-state index in [0.717, 1.165) is 130 Å². The highest BCUT2D eigenvalue weighted by molar-refractivity contribution is 7.90. The molecule has 6 aromatic rings. The van der Waals surface area contributed by atoms with E-state index in [9.17, 15) is 37.7 Å². The first-order chi connectivity index (χ1) is 41.4. The van der Waals surface area contributed by atoms with Crippen molar-refractivity contribution in [1.82, 2.24) is 34.7 Å². The number of nitrogens with zero attached hydrogens (tertiary/aromatic N) is 6. The number of hydrogen-bond donors (Lipinski definition) is 4. The normalized spacial score (nSPS) is 19.2. The number of anilines is 2.